The van der Waals surface area contributed by atoms with Crippen molar-refractivity contribution < 1.29 is 14.1 Å². The molecule has 0 saturated carbocycles. The number of carbonyl (C=O) groups is 1. The fraction of sp³-hybridized carbons (Fsp3) is 0.500. The Balaban J connectivity index is 1.43. The minimum absolute atomic E-state index is 0.00253. The molecule has 1 N–H and O–H groups in total. The van der Waals surface area contributed by atoms with Crippen LogP contribution in [0.5, 0.6) is 0 Å². The van der Waals surface area contributed by atoms with Gasteiger partial charge in [-0.05, 0) is 31.4 Å². The van der Waals surface area contributed by atoms with E-state index < -0.39 is 0 Å². The van der Waals surface area contributed by atoms with Gasteiger partial charge in [-0.15, -0.1) is 0 Å². The fourth-order valence-corrected chi connectivity index (χ4v) is 3.77. The molecule has 0 spiro atoms. The smallest absolute Gasteiger partial charge is 0.251 e. The highest BCUT2D eigenvalue weighted by Crippen LogP contribution is 2.26. The number of carbonyl (C=O) groups excluding carboxylic acids is 1. The lowest BCUT2D eigenvalue weighted by atomic mass is 9.91. The third-order valence-electron chi connectivity index (χ3n) is 5.32. The van der Waals surface area contributed by atoms with Gasteiger partial charge in [-0.25, -0.2) is 0 Å². The van der Waals surface area contributed by atoms with Crippen LogP contribution in [0.1, 0.15) is 39.4 Å². The predicted molar refractivity (Wildman–Crippen MR) is 97.1 cm³/mol. The van der Waals surface area contributed by atoms with E-state index in [9.17, 15) is 4.79 Å². The monoisotopic (exact) mass is 355 g/mol. The quantitative estimate of drug-likeness (QED) is 0.910. The number of benzene rings is 1. The lowest BCUT2D eigenvalue weighted by molar-refractivity contribution is 0.0331. The molecule has 2 heterocycles. The molecule has 1 saturated heterocycles. The summed E-state index contributed by atoms with van der Waals surface area (Å²) in [5.41, 5.74) is 3.94. The zero-order valence-electron chi connectivity index (χ0n) is 15.2. The summed E-state index contributed by atoms with van der Waals surface area (Å²) in [5.74, 6) is 0.984. The molecule has 2 aliphatic rings. The second-order valence-electron chi connectivity index (χ2n) is 7.15. The van der Waals surface area contributed by atoms with Crippen molar-refractivity contribution in [1.29, 1.82) is 0 Å². The maximum absolute atomic E-state index is 12.6. The van der Waals surface area contributed by atoms with Gasteiger partial charge in [-0.2, -0.15) is 0 Å². The van der Waals surface area contributed by atoms with Crippen molar-refractivity contribution in [1.82, 2.24) is 15.4 Å². The van der Waals surface area contributed by atoms with Crippen LogP contribution < -0.4 is 5.32 Å². The predicted octanol–water partition coefficient (Wildman–Crippen LogP) is 2.10. The molecule has 138 valence electrons. The van der Waals surface area contributed by atoms with E-state index in [4.69, 9.17) is 9.26 Å². The molecule has 0 radical (unpaired) electrons. The number of aromatic nitrogens is 1. The summed E-state index contributed by atoms with van der Waals surface area (Å²) in [5, 5.41) is 7.50. The Labute approximate surface area is 153 Å². The molecular formula is C20H25N3O3. The highest BCUT2D eigenvalue weighted by molar-refractivity contribution is 5.95. The lowest BCUT2D eigenvalue weighted by Crippen LogP contribution is -2.39. The van der Waals surface area contributed by atoms with Gasteiger partial charge in [-0.1, -0.05) is 23.4 Å². The first-order chi connectivity index (χ1) is 12.7. The van der Waals surface area contributed by atoms with Crippen LogP contribution in [0.4, 0.5) is 0 Å². The molecule has 2 aromatic rings. The number of hydrogen-bond acceptors (Lipinski definition) is 5. The number of rotatable bonds is 4. The number of morpholine rings is 1. The Morgan fingerprint density at radius 2 is 2.12 bits per heavy atom. The lowest BCUT2D eigenvalue weighted by Gasteiger charge is -2.27. The van der Waals surface area contributed by atoms with E-state index in [1.54, 1.807) is 0 Å². The molecule has 1 unspecified atom stereocenters. The first-order valence-corrected chi connectivity index (χ1v) is 9.33. The van der Waals surface area contributed by atoms with Crippen LogP contribution in [0.15, 0.2) is 28.8 Å². The van der Waals surface area contributed by atoms with Gasteiger partial charge in [0.05, 0.1) is 13.2 Å². The van der Waals surface area contributed by atoms with Gasteiger partial charge in [0.1, 0.15) is 11.5 Å². The van der Waals surface area contributed by atoms with Gasteiger partial charge in [-0.3, -0.25) is 9.69 Å². The number of nitrogens with zero attached hydrogens (tertiary/aromatic N) is 2. The Morgan fingerprint density at radius 1 is 1.31 bits per heavy atom. The molecule has 6 nitrogen and oxygen atoms in total. The van der Waals surface area contributed by atoms with E-state index >= 15 is 0 Å². The van der Waals surface area contributed by atoms with Gasteiger partial charge in [0.15, 0.2) is 0 Å². The minimum atomic E-state index is 0.00253. The van der Waals surface area contributed by atoms with Crippen molar-refractivity contribution in [3.63, 3.8) is 0 Å². The summed E-state index contributed by atoms with van der Waals surface area (Å²) in [6.07, 6.45) is 2.50. The largest absolute Gasteiger partial charge is 0.379 e. The van der Waals surface area contributed by atoms with Crippen LogP contribution in [0, 0.1) is 6.92 Å². The van der Waals surface area contributed by atoms with Crippen molar-refractivity contribution in [2.24, 2.45) is 0 Å². The molecule has 6 heteroatoms. The van der Waals surface area contributed by atoms with Crippen LogP contribution in [-0.2, 0) is 24.1 Å². The summed E-state index contributed by atoms with van der Waals surface area (Å²) < 4.78 is 11.0. The summed E-state index contributed by atoms with van der Waals surface area (Å²) in [6, 6.07) is 7.82. The van der Waals surface area contributed by atoms with E-state index in [1.165, 1.54) is 5.56 Å². The zero-order chi connectivity index (χ0) is 17.9. The van der Waals surface area contributed by atoms with Crippen molar-refractivity contribution in [2.75, 3.05) is 26.3 Å². The molecule has 0 bridgehead atoms. The highest BCUT2D eigenvalue weighted by atomic mass is 16.5. The number of aryl methyl sites for hydroxylation is 2. The summed E-state index contributed by atoms with van der Waals surface area (Å²) in [6.45, 7) is 6.16. The summed E-state index contributed by atoms with van der Waals surface area (Å²) in [7, 11) is 0. The van der Waals surface area contributed by atoms with Gasteiger partial charge >= 0.3 is 0 Å². The molecule has 4 rings (SSSR count). The Kier molecular flexibility index (Phi) is 5.04. The van der Waals surface area contributed by atoms with Crippen LogP contribution in [0.25, 0.3) is 0 Å². The Morgan fingerprint density at radius 3 is 2.92 bits per heavy atom. The Hall–Kier alpha value is -2.18. The van der Waals surface area contributed by atoms with Crippen LogP contribution >= 0.6 is 0 Å². The number of amides is 1. The average Bonchev–Trinajstić information content (AvgIpc) is 3.05. The van der Waals surface area contributed by atoms with Gasteiger partial charge < -0.3 is 14.6 Å². The second kappa shape index (κ2) is 7.60. The van der Waals surface area contributed by atoms with E-state index in [2.05, 4.69) is 15.4 Å². The first kappa shape index (κ1) is 17.2. The normalized spacial score (nSPS) is 20.6. The molecule has 1 aliphatic carbocycles. The zero-order valence-corrected chi connectivity index (χ0v) is 15.2. The number of nitrogens with one attached hydrogen (secondary N) is 1. The van der Waals surface area contributed by atoms with E-state index in [0.29, 0.717) is 0 Å². The standard InChI is InChI=1S/C20H25N3O3/c1-14-4-2-3-5-16(14)20(24)21-15-6-7-19-17(12-15)18(22-26-19)13-23-8-10-25-11-9-23/h2-5,15H,6-13H2,1H3,(H,21,24). The maximum atomic E-state index is 12.6. The number of fused-ring (bicyclic) bond motifs is 1. The highest BCUT2D eigenvalue weighted by Gasteiger charge is 2.28. The van der Waals surface area contributed by atoms with Crippen LogP contribution in [0.3, 0.4) is 0 Å². The molecule has 26 heavy (non-hydrogen) atoms. The van der Waals surface area contributed by atoms with E-state index in [1.807, 2.05) is 31.2 Å². The van der Waals surface area contributed by atoms with Gasteiger partial charge in [0.2, 0.25) is 0 Å². The van der Waals surface area contributed by atoms with E-state index in [-0.39, 0.29) is 11.9 Å². The molecular weight excluding hydrogens is 330 g/mol. The Bertz CT molecular complexity index is 780. The third kappa shape index (κ3) is 3.66. The van der Waals surface area contributed by atoms with Crippen LogP contribution in [0.2, 0.25) is 0 Å². The summed E-state index contributed by atoms with van der Waals surface area (Å²) >= 11 is 0. The molecule has 1 atom stereocenters. The third-order valence-corrected chi connectivity index (χ3v) is 5.32. The number of hydrogen-bond donors (Lipinski definition) is 1. The molecule has 1 amide bonds. The van der Waals surface area contributed by atoms with Gasteiger partial charge in [0, 0.05) is 43.2 Å². The molecule has 1 aliphatic heterocycles. The van der Waals surface area contributed by atoms with Gasteiger partial charge in [0.25, 0.3) is 5.91 Å². The van der Waals surface area contributed by atoms with Crippen molar-refractivity contribution in [3.8, 4) is 0 Å². The van der Waals surface area contributed by atoms with E-state index in [0.717, 1.165) is 74.7 Å². The first-order valence-electron chi connectivity index (χ1n) is 9.33. The molecule has 1 aromatic carbocycles. The second-order valence-corrected chi connectivity index (χ2v) is 7.15. The fourth-order valence-electron chi connectivity index (χ4n) is 3.77. The SMILES string of the molecule is Cc1ccccc1C(=O)NC1CCc2onc(CN3CCOCC3)c2C1. The topological polar surface area (TPSA) is 67.6 Å². The average molecular weight is 355 g/mol. The van der Waals surface area contributed by atoms with Crippen LogP contribution in [-0.4, -0.2) is 48.3 Å². The molecule has 1 aromatic heterocycles. The van der Waals surface area contributed by atoms with Crippen molar-refractivity contribution in [3.05, 3.63) is 52.4 Å². The maximum Gasteiger partial charge on any atom is 0.251 e. The number of ether oxygens (including phenoxy) is 1. The molecule has 1 fully saturated rings. The minimum Gasteiger partial charge on any atom is -0.379 e. The van der Waals surface area contributed by atoms with Crippen molar-refractivity contribution in [2.45, 2.75) is 38.8 Å². The van der Waals surface area contributed by atoms with Crippen molar-refractivity contribution >= 4 is 5.91 Å². The summed E-state index contributed by atoms with van der Waals surface area (Å²) in [4.78, 5) is 15.0.